The number of fused-ring (bicyclic) bond motifs is 1. The van der Waals surface area contributed by atoms with E-state index in [0.29, 0.717) is 17.1 Å². The molecule has 0 radical (unpaired) electrons. The van der Waals surface area contributed by atoms with Gasteiger partial charge in [-0.05, 0) is 41.9 Å². The molecule has 0 fully saturated rings. The molecule has 21 heavy (non-hydrogen) atoms. The van der Waals surface area contributed by atoms with Gasteiger partial charge in [0, 0.05) is 28.9 Å². The zero-order chi connectivity index (χ0) is 15.0. The Morgan fingerprint density at radius 3 is 2.95 bits per heavy atom. The summed E-state index contributed by atoms with van der Waals surface area (Å²) in [6.07, 6.45) is 3.88. The van der Waals surface area contributed by atoms with Gasteiger partial charge in [0.15, 0.2) is 11.5 Å². The summed E-state index contributed by atoms with van der Waals surface area (Å²) in [4.78, 5) is 16.2. The highest BCUT2D eigenvalue weighted by Gasteiger charge is 2.32. The molecule has 1 aromatic heterocycles. The molecule has 1 aliphatic heterocycles. The van der Waals surface area contributed by atoms with Crippen LogP contribution in [-0.4, -0.2) is 16.6 Å². The topological polar surface area (TPSA) is 48.4 Å². The summed E-state index contributed by atoms with van der Waals surface area (Å²) in [6.45, 7) is 4.02. The van der Waals surface area contributed by atoms with Crippen molar-refractivity contribution in [2.24, 2.45) is 0 Å². The lowest BCUT2D eigenvalue weighted by Gasteiger charge is -2.17. The van der Waals surface area contributed by atoms with E-state index in [1.807, 2.05) is 26.0 Å². The van der Waals surface area contributed by atoms with Crippen LogP contribution in [0.1, 0.15) is 29.8 Å². The number of para-hydroxylation sites is 1. The van der Waals surface area contributed by atoms with Crippen LogP contribution < -0.4 is 9.47 Å². The van der Waals surface area contributed by atoms with Gasteiger partial charge >= 0.3 is 5.97 Å². The second kappa shape index (κ2) is 5.15. The second-order valence-electron chi connectivity index (χ2n) is 5.56. The number of hydrogen-bond acceptors (Lipinski definition) is 4. The van der Waals surface area contributed by atoms with Gasteiger partial charge in [-0.2, -0.15) is 0 Å². The Kier molecular flexibility index (Phi) is 3.45. The largest absolute Gasteiger partial charge is 0.483 e. The quantitative estimate of drug-likeness (QED) is 0.612. The number of aromatic nitrogens is 1. The van der Waals surface area contributed by atoms with Crippen molar-refractivity contribution in [3.63, 3.8) is 0 Å². The Bertz CT molecular complexity index is 712. The van der Waals surface area contributed by atoms with Gasteiger partial charge in [0.1, 0.15) is 5.60 Å². The van der Waals surface area contributed by atoms with Crippen molar-refractivity contribution in [3.05, 3.63) is 52.3 Å². The number of hydrogen-bond donors (Lipinski definition) is 0. The van der Waals surface area contributed by atoms with E-state index in [-0.39, 0.29) is 5.60 Å². The van der Waals surface area contributed by atoms with Crippen LogP contribution in [-0.2, 0) is 6.42 Å². The van der Waals surface area contributed by atoms with Gasteiger partial charge in [-0.15, -0.1) is 0 Å². The lowest BCUT2D eigenvalue weighted by Crippen LogP contribution is -2.24. The van der Waals surface area contributed by atoms with Gasteiger partial charge in [-0.1, -0.05) is 12.1 Å². The van der Waals surface area contributed by atoms with Crippen LogP contribution in [0.25, 0.3) is 0 Å². The van der Waals surface area contributed by atoms with Gasteiger partial charge in [-0.3, -0.25) is 4.98 Å². The highest BCUT2D eigenvalue weighted by atomic mass is 79.9. The molecular weight excluding hydrogens is 334 g/mol. The van der Waals surface area contributed by atoms with Gasteiger partial charge in [0.25, 0.3) is 0 Å². The van der Waals surface area contributed by atoms with Gasteiger partial charge in [0.2, 0.25) is 0 Å². The Hall–Kier alpha value is -1.88. The van der Waals surface area contributed by atoms with E-state index in [0.717, 1.165) is 16.5 Å². The number of rotatable bonds is 2. The minimum absolute atomic E-state index is 0.276. The molecular formula is C16H14BrNO3. The molecule has 0 saturated carbocycles. The fraction of sp³-hybridized carbons (Fsp3) is 0.250. The summed E-state index contributed by atoms with van der Waals surface area (Å²) >= 11 is 3.29. The summed E-state index contributed by atoms with van der Waals surface area (Å²) in [5.74, 6) is 0.646. The molecule has 1 aromatic carbocycles. The van der Waals surface area contributed by atoms with E-state index in [9.17, 15) is 4.79 Å². The molecule has 0 aliphatic carbocycles. The highest BCUT2D eigenvalue weighted by Crippen LogP contribution is 2.41. The maximum absolute atomic E-state index is 12.2. The Morgan fingerprint density at radius 1 is 1.38 bits per heavy atom. The van der Waals surface area contributed by atoms with E-state index < -0.39 is 5.97 Å². The van der Waals surface area contributed by atoms with E-state index >= 15 is 0 Å². The zero-order valence-electron chi connectivity index (χ0n) is 11.7. The molecule has 0 unspecified atom stereocenters. The molecule has 1 aliphatic rings. The van der Waals surface area contributed by atoms with Crippen LogP contribution in [0.15, 0.2) is 41.1 Å². The minimum atomic E-state index is -0.453. The number of esters is 1. The van der Waals surface area contributed by atoms with E-state index in [4.69, 9.17) is 9.47 Å². The first-order valence-electron chi connectivity index (χ1n) is 6.58. The average Bonchev–Trinajstić information content (AvgIpc) is 2.74. The molecule has 0 spiro atoms. The van der Waals surface area contributed by atoms with E-state index in [2.05, 4.69) is 20.9 Å². The molecule has 4 nitrogen and oxygen atoms in total. The monoisotopic (exact) mass is 347 g/mol. The summed E-state index contributed by atoms with van der Waals surface area (Å²) in [5.41, 5.74) is 1.17. The van der Waals surface area contributed by atoms with Crippen molar-refractivity contribution < 1.29 is 14.3 Å². The SMILES string of the molecule is CC1(C)Cc2cccc(OC(=O)c3cncc(Br)c3)c2O1. The van der Waals surface area contributed by atoms with E-state index in [1.165, 1.54) is 6.20 Å². The standard InChI is InChI=1S/C16H14BrNO3/c1-16(2)7-10-4-3-5-13(14(10)21-16)20-15(19)11-6-12(17)9-18-8-11/h3-6,8-9H,7H2,1-2H3. The predicted molar refractivity (Wildman–Crippen MR) is 81.7 cm³/mol. The Labute approximate surface area is 131 Å². The number of pyridine rings is 1. The fourth-order valence-electron chi connectivity index (χ4n) is 2.35. The second-order valence-corrected chi connectivity index (χ2v) is 6.48. The maximum Gasteiger partial charge on any atom is 0.345 e. The molecule has 2 aromatic rings. The third-order valence-corrected chi connectivity index (χ3v) is 3.63. The minimum Gasteiger partial charge on any atom is -0.483 e. The molecule has 0 bridgehead atoms. The highest BCUT2D eigenvalue weighted by molar-refractivity contribution is 9.10. The van der Waals surface area contributed by atoms with Gasteiger partial charge in [0.05, 0.1) is 5.56 Å². The van der Waals surface area contributed by atoms with Gasteiger partial charge < -0.3 is 9.47 Å². The Morgan fingerprint density at radius 2 is 2.19 bits per heavy atom. The molecule has 0 N–H and O–H groups in total. The normalized spacial score (nSPS) is 15.2. The van der Waals surface area contributed by atoms with Crippen molar-refractivity contribution in [3.8, 4) is 11.5 Å². The van der Waals surface area contributed by atoms with Crippen LogP contribution in [0.5, 0.6) is 11.5 Å². The third-order valence-electron chi connectivity index (χ3n) is 3.20. The van der Waals surface area contributed by atoms with Crippen LogP contribution >= 0.6 is 15.9 Å². The number of ether oxygens (including phenoxy) is 2. The van der Waals surface area contributed by atoms with Crippen LogP contribution in [0.2, 0.25) is 0 Å². The Balaban J connectivity index is 1.87. The number of nitrogens with zero attached hydrogens (tertiary/aromatic N) is 1. The predicted octanol–water partition coefficient (Wildman–Crippen LogP) is 3.78. The molecule has 0 atom stereocenters. The fourth-order valence-corrected chi connectivity index (χ4v) is 2.71. The summed E-state index contributed by atoms with van der Waals surface area (Å²) < 4.78 is 12.1. The molecule has 108 valence electrons. The lowest BCUT2D eigenvalue weighted by atomic mass is 10.0. The zero-order valence-corrected chi connectivity index (χ0v) is 13.3. The first-order chi connectivity index (χ1) is 9.94. The number of halogens is 1. The third kappa shape index (κ3) is 2.93. The van der Waals surface area contributed by atoms with Crippen molar-refractivity contribution in [2.75, 3.05) is 0 Å². The van der Waals surface area contributed by atoms with Gasteiger partial charge in [-0.25, -0.2) is 4.79 Å². The average molecular weight is 348 g/mol. The molecule has 5 heteroatoms. The number of benzene rings is 1. The molecule has 3 rings (SSSR count). The van der Waals surface area contributed by atoms with Crippen molar-refractivity contribution in [1.29, 1.82) is 0 Å². The van der Waals surface area contributed by atoms with Crippen LogP contribution in [0.3, 0.4) is 0 Å². The lowest BCUT2D eigenvalue weighted by molar-refractivity contribution is 0.0715. The van der Waals surface area contributed by atoms with Crippen molar-refractivity contribution in [1.82, 2.24) is 4.98 Å². The van der Waals surface area contributed by atoms with Crippen LogP contribution in [0.4, 0.5) is 0 Å². The number of carbonyl (C=O) groups excluding carboxylic acids is 1. The van der Waals surface area contributed by atoms with Crippen LogP contribution in [0, 0.1) is 0 Å². The summed E-state index contributed by atoms with van der Waals surface area (Å²) in [5, 5.41) is 0. The smallest absolute Gasteiger partial charge is 0.345 e. The molecule has 0 saturated heterocycles. The first-order valence-corrected chi connectivity index (χ1v) is 7.37. The maximum atomic E-state index is 12.2. The first kappa shape index (κ1) is 14.1. The molecule has 0 amide bonds. The number of carbonyl (C=O) groups is 1. The van der Waals surface area contributed by atoms with Crippen molar-refractivity contribution in [2.45, 2.75) is 25.9 Å². The summed E-state index contributed by atoms with van der Waals surface area (Å²) in [7, 11) is 0. The van der Waals surface area contributed by atoms with E-state index in [1.54, 1.807) is 18.3 Å². The summed E-state index contributed by atoms with van der Waals surface area (Å²) in [6, 6.07) is 7.26. The van der Waals surface area contributed by atoms with Crippen molar-refractivity contribution >= 4 is 21.9 Å². The molecule has 2 heterocycles.